The molecule has 0 radical (unpaired) electrons. The van der Waals surface area contributed by atoms with E-state index < -0.39 is 9.84 Å². The van der Waals surface area contributed by atoms with Gasteiger partial charge in [-0.25, -0.2) is 8.42 Å². The summed E-state index contributed by atoms with van der Waals surface area (Å²) in [6.45, 7) is 0. The van der Waals surface area contributed by atoms with Crippen LogP contribution in [0.5, 0.6) is 0 Å². The first-order valence-corrected chi connectivity index (χ1v) is 12.5. The molecule has 0 aliphatic carbocycles. The first kappa shape index (κ1) is 21.0. The average Bonchev–Trinajstić information content (AvgIpc) is 3.09. The van der Waals surface area contributed by atoms with Crippen molar-refractivity contribution in [2.45, 2.75) is 17.7 Å². The number of carbonyl (C=O) groups is 1. The molecular formula is C19H15Cl3N2O3S2. The van der Waals surface area contributed by atoms with Crippen LogP contribution in [0.25, 0.3) is 0 Å². The molecule has 2 atom stereocenters. The van der Waals surface area contributed by atoms with E-state index in [4.69, 9.17) is 34.8 Å². The lowest BCUT2D eigenvalue weighted by atomic mass is 10.1. The number of amides is 1. The summed E-state index contributed by atoms with van der Waals surface area (Å²) >= 11 is 19.9. The topological polar surface area (TPSA) is 66.8 Å². The molecule has 5 nitrogen and oxygen atoms in total. The Morgan fingerprint density at radius 3 is 2.38 bits per heavy atom. The number of halogens is 3. The molecule has 2 unspecified atom stereocenters. The van der Waals surface area contributed by atoms with E-state index in [2.05, 4.69) is 4.99 Å². The molecule has 0 bridgehead atoms. The van der Waals surface area contributed by atoms with Gasteiger partial charge in [-0.2, -0.15) is 4.99 Å². The first-order valence-electron chi connectivity index (χ1n) is 8.70. The number of hydrogen-bond acceptors (Lipinski definition) is 4. The van der Waals surface area contributed by atoms with Crippen molar-refractivity contribution >= 4 is 73.2 Å². The summed E-state index contributed by atoms with van der Waals surface area (Å²) in [4.78, 5) is 18.6. The maximum Gasteiger partial charge on any atom is 0.252 e. The lowest BCUT2D eigenvalue weighted by Gasteiger charge is -2.26. The van der Waals surface area contributed by atoms with Gasteiger partial charge >= 0.3 is 0 Å². The Morgan fingerprint density at radius 2 is 1.72 bits per heavy atom. The zero-order chi connectivity index (χ0) is 20.8. The molecule has 2 fully saturated rings. The minimum Gasteiger partial charge on any atom is -0.313 e. The van der Waals surface area contributed by atoms with E-state index in [0.717, 1.165) is 5.56 Å². The lowest BCUT2D eigenvalue weighted by Crippen LogP contribution is -2.38. The summed E-state index contributed by atoms with van der Waals surface area (Å²) in [5.74, 6) is -0.340. The van der Waals surface area contributed by atoms with Gasteiger partial charge in [-0.1, -0.05) is 64.8 Å². The molecular weight excluding hydrogens is 475 g/mol. The van der Waals surface area contributed by atoms with Crippen molar-refractivity contribution in [1.82, 2.24) is 0 Å². The molecule has 0 N–H and O–H groups in total. The van der Waals surface area contributed by atoms with Gasteiger partial charge in [-0.15, -0.1) is 0 Å². The molecule has 152 valence electrons. The van der Waals surface area contributed by atoms with Crippen LogP contribution in [0.4, 0.5) is 5.69 Å². The van der Waals surface area contributed by atoms with E-state index in [1.807, 2.05) is 0 Å². The van der Waals surface area contributed by atoms with E-state index in [1.165, 1.54) is 11.8 Å². The minimum absolute atomic E-state index is 0.0311. The number of benzene rings is 2. The molecule has 2 aliphatic heterocycles. The normalized spacial score (nSPS) is 24.1. The van der Waals surface area contributed by atoms with E-state index in [0.29, 0.717) is 25.9 Å². The van der Waals surface area contributed by atoms with E-state index in [-0.39, 0.29) is 35.1 Å². The van der Waals surface area contributed by atoms with E-state index in [9.17, 15) is 13.2 Å². The van der Waals surface area contributed by atoms with Crippen LogP contribution in [0.1, 0.15) is 5.56 Å². The van der Waals surface area contributed by atoms with Crippen LogP contribution in [0.15, 0.2) is 47.5 Å². The highest BCUT2D eigenvalue weighted by Crippen LogP contribution is 2.45. The SMILES string of the molecule is O=C(Cc1ccc(Cl)cc1)N=C1SC2CS(=O)(=O)CC2N1c1c(Cl)cccc1Cl. The molecule has 1 amide bonds. The second kappa shape index (κ2) is 8.12. The Hall–Kier alpha value is -1.25. The number of para-hydroxylation sites is 1. The monoisotopic (exact) mass is 488 g/mol. The standard InChI is InChI=1S/C19H15Cl3N2O3S2/c20-12-6-4-11(5-7-12)8-17(25)23-19-24(18-13(21)2-1-3-14(18)22)15-9-29(26,27)10-16(15)28-19/h1-7,15-16H,8-10H2. The molecule has 10 heteroatoms. The molecule has 2 saturated heterocycles. The number of hydrogen-bond donors (Lipinski definition) is 0. The summed E-state index contributed by atoms with van der Waals surface area (Å²) in [6, 6.07) is 11.7. The van der Waals surface area contributed by atoms with Crippen molar-refractivity contribution in [2.24, 2.45) is 4.99 Å². The highest BCUT2D eigenvalue weighted by Gasteiger charge is 2.50. The van der Waals surface area contributed by atoms with Crippen LogP contribution in [0, 0.1) is 0 Å². The molecule has 2 aromatic rings. The number of anilines is 1. The number of sulfone groups is 1. The van der Waals surface area contributed by atoms with Crippen LogP contribution < -0.4 is 4.90 Å². The van der Waals surface area contributed by atoms with Gasteiger partial charge < -0.3 is 4.90 Å². The summed E-state index contributed by atoms with van der Waals surface area (Å²) in [5, 5.41) is 1.53. The molecule has 2 aromatic carbocycles. The van der Waals surface area contributed by atoms with Gasteiger partial charge in [0.05, 0.1) is 39.7 Å². The molecule has 2 aliphatic rings. The Balaban J connectivity index is 1.69. The predicted molar refractivity (Wildman–Crippen MR) is 120 cm³/mol. The largest absolute Gasteiger partial charge is 0.313 e. The second-order valence-corrected chi connectivity index (χ2v) is 11.4. The molecule has 4 rings (SSSR count). The fourth-order valence-electron chi connectivity index (χ4n) is 3.47. The van der Waals surface area contributed by atoms with Crippen LogP contribution in [0.3, 0.4) is 0 Å². The molecule has 29 heavy (non-hydrogen) atoms. The van der Waals surface area contributed by atoms with Gasteiger partial charge in [0.15, 0.2) is 15.0 Å². The zero-order valence-electron chi connectivity index (χ0n) is 14.9. The van der Waals surface area contributed by atoms with Crippen molar-refractivity contribution in [3.8, 4) is 0 Å². The summed E-state index contributed by atoms with van der Waals surface area (Å²) < 4.78 is 24.3. The third-order valence-corrected chi connectivity index (χ3v) is 8.81. The van der Waals surface area contributed by atoms with E-state index in [1.54, 1.807) is 47.4 Å². The highest BCUT2D eigenvalue weighted by molar-refractivity contribution is 8.16. The Bertz CT molecular complexity index is 1080. The summed E-state index contributed by atoms with van der Waals surface area (Å²) in [6.07, 6.45) is 0.110. The number of nitrogens with zero attached hydrogens (tertiary/aromatic N) is 2. The smallest absolute Gasteiger partial charge is 0.252 e. The maximum absolute atomic E-state index is 12.6. The number of fused-ring (bicyclic) bond motifs is 1. The first-order chi connectivity index (χ1) is 13.7. The quantitative estimate of drug-likeness (QED) is 0.635. The highest BCUT2D eigenvalue weighted by atomic mass is 35.5. The lowest BCUT2D eigenvalue weighted by molar-refractivity contribution is -0.117. The zero-order valence-corrected chi connectivity index (χ0v) is 18.8. The summed E-state index contributed by atoms with van der Waals surface area (Å²) in [5.41, 5.74) is 1.27. The Kier molecular flexibility index (Phi) is 5.88. The van der Waals surface area contributed by atoms with Gasteiger partial charge in [0, 0.05) is 10.3 Å². The van der Waals surface area contributed by atoms with Gasteiger partial charge in [-0.3, -0.25) is 4.79 Å². The van der Waals surface area contributed by atoms with Gasteiger partial charge in [-0.05, 0) is 29.8 Å². The van der Waals surface area contributed by atoms with Crippen molar-refractivity contribution in [1.29, 1.82) is 0 Å². The minimum atomic E-state index is -3.18. The van der Waals surface area contributed by atoms with Crippen LogP contribution >= 0.6 is 46.6 Å². The molecule has 0 saturated carbocycles. The fraction of sp³-hybridized carbons (Fsp3) is 0.263. The number of carbonyl (C=O) groups excluding carboxylic acids is 1. The second-order valence-electron chi connectivity index (χ2n) is 6.83. The third kappa shape index (κ3) is 4.44. The fourth-order valence-corrected chi connectivity index (χ4v) is 8.09. The number of aliphatic imine (C=N–C) groups is 1. The third-order valence-electron chi connectivity index (χ3n) is 4.73. The van der Waals surface area contributed by atoms with Gasteiger partial charge in [0.2, 0.25) is 0 Å². The van der Waals surface area contributed by atoms with Crippen LogP contribution in [0.2, 0.25) is 15.1 Å². The number of thioether (sulfide) groups is 1. The Morgan fingerprint density at radius 1 is 1.07 bits per heavy atom. The van der Waals surface area contributed by atoms with Gasteiger partial charge in [0.1, 0.15) is 0 Å². The Labute approximate surface area is 188 Å². The van der Waals surface area contributed by atoms with E-state index >= 15 is 0 Å². The van der Waals surface area contributed by atoms with Gasteiger partial charge in [0.25, 0.3) is 5.91 Å². The van der Waals surface area contributed by atoms with Crippen LogP contribution in [-0.2, 0) is 21.1 Å². The number of amidine groups is 1. The van der Waals surface area contributed by atoms with Crippen LogP contribution in [-0.4, -0.2) is 42.3 Å². The van der Waals surface area contributed by atoms with Crippen molar-refractivity contribution in [2.75, 3.05) is 16.4 Å². The van der Waals surface area contributed by atoms with Crippen molar-refractivity contribution in [3.05, 3.63) is 63.1 Å². The van der Waals surface area contributed by atoms with Crippen molar-refractivity contribution < 1.29 is 13.2 Å². The predicted octanol–water partition coefficient (Wildman–Crippen LogP) is 4.49. The molecule has 0 aromatic heterocycles. The molecule has 2 heterocycles. The average molecular weight is 490 g/mol. The number of rotatable bonds is 3. The van der Waals surface area contributed by atoms with Crippen molar-refractivity contribution in [3.63, 3.8) is 0 Å². The molecule has 0 spiro atoms. The maximum atomic E-state index is 12.6. The summed E-state index contributed by atoms with van der Waals surface area (Å²) in [7, 11) is -3.18.